The summed E-state index contributed by atoms with van der Waals surface area (Å²) in [6.07, 6.45) is 1.58. The Kier molecular flexibility index (Phi) is 5.66. The van der Waals surface area contributed by atoms with E-state index in [9.17, 15) is 4.79 Å². The number of hydrogen-bond acceptors (Lipinski definition) is 3. The molecule has 0 unspecified atom stereocenters. The molecule has 0 atom stereocenters. The maximum atomic E-state index is 11.7. The first-order chi connectivity index (χ1) is 13.2. The van der Waals surface area contributed by atoms with Gasteiger partial charge < -0.3 is 10.2 Å². The highest BCUT2D eigenvalue weighted by molar-refractivity contribution is 6.01. The molecule has 3 rings (SSSR count). The summed E-state index contributed by atoms with van der Waals surface area (Å²) in [6, 6.07) is 29.9. The second kappa shape index (κ2) is 8.50. The van der Waals surface area contributed by atoms with E-state index < -0.39 is 5.91 Å². The van der Waals surface area contributed by atoms with Crippen LogP contribution in [0.5, 0.6) is 0 Å². The van der Waals surface area contributed by atoms with Crippen molar-refractivity contribution in [2.24, 2.45) is 0 Å². The molecule has 0 heterocycles. The molecule has 0 saturated heterocycles. The van der Waals surface area contributed by atoms with Crippen LogP contribution in [0.15, 0.2) is 90.5 Å². The lowest BCUT2D eigenvalue weighted by Crippen LogP contribution is -2.19. The number of amides is 1. The van der Waals surface area contributed by atoms with Crippen LogP contribution in [0.1, 0.15) is 5.56 Å². The fourth-order valence-electron chi connectivity index (χ4n) is 2.77. The van der Waals surface area contributed by atoms with Crippen LogP contribution in [-0.4, -0.2) is 13.0 Å². The molecule has 3 aromatic carbocycles. The summed E-state index contributed by atoms with van der Waals surface area (Å²) < 4.78 is 0. The Morgan fingerprint density at radius 3 is 1.78 bits per heavy atom. The number of likely N-dealkylation sites (N-methyl/N-ethyl adjacent to an activating group) is 1. The van der Waals surface area contributed by atoms with Gasteiger partial charge in [0.15, 0.2) is 0 Å². The van der Waals surface area contributed by atoms with E-state index in [1.54, 1.807) is 6.08 Å². The molecule has 1 N–H and O–H groups in total. The van der Waals surface area contributed by atoms with Crippen LogP contribution in [0.25, 0.3) is 6.08 Å². The molecular weight excluding hydrogens is 334 g/mol. The van der Waals surface area contributed by atoms with Crippen LogP contribution in [0, 0.1) is 11.3 Å². The number of para-hydroxylation sites is 2. The third kappa shape index (κ3) is 4.23. The van der Waals surface area contributed by atoms with Gasteiger partial charge in [0.25, 0.3) is 5.91 Å². The molecule has 0 aliphatic rings. The third-order valence-electron chi connectivity index (χ3n) is 4.08. The largest absolute Gasteiger partial charge is 0.354 e. The molecule has 1 amide bonds. The van der Waals surface area contributed by atoms with Gasteiger partial charge in [0.2, 0.25) is 0 Å². The molecule has 0 fully saturated rings. The summed E-state index contributed by atoms with van der Waals surface area (Å²) in [5.41, 5.74) is 3.96. The molecule has 132 valence electrons. The first-order valence-electron chi connectivity index (χ1n) is 8.57. The van der Waals surface area contributed by atoms with Gasteiger partial charge in [-0.25, -0.2) is 0 Å². The molecule has 3 aromatic rings. The maximum Gasteiger partial charge on any atom is 0.261 e. The van der Waals surface area contributed by atoms with Crippen molar-refractivity contribution in [2.45, 2.75) is 0 Å². The highest BCUT2D eigenvalue weighted by atomic mass is 16.1. The SMILES string of the molecule is CNC(=O)/C(C#N)=C/c1ccc(N(c2ccccc2)c2ccccc2)cc1. The van der Waals surface area contributed by atoms with Crippen molar-refractivity contribution in [1.29, 1.82) is 5.26 Å². The molecule has 4 heteroatoms. The van der Waals surface area contributed by atoms with Crippen LogP contribution >= 0.6 is 0 Å². The summed E-state index contributed by atoms with van der Waals surface area (Å²) in [5.74, 6) is -0.392. The van der Waals surface area contributed by atoms with Gasteiger partial charge in [-0.1, -0.05) is 48.5 Å². The molecule has 0 bridgehead atoms. The minimum atomic E-state index is -0.392. The Hall–Kier alpha value is -3.84. The first kappa shape index (κ1) is 18.0. The van der Waals surface area contributed by atoms with E-state index >= 15 is 0 Å². The fourth-order valence-corrected chi connectivity index (χ4v) is 2.77. The molecule has 0 aromatic heterocycles. The van der Waals surface area contributed by atoms with E-state index in [2.05, 4.69) is 34.5 Å². The van der Waals surface area contributed by atoms with E-state index in [-0.39, 0.29) is 5.57 Å². The molecule has 27 heavy (non-hydrogen) atoms. The van der Waals surface area contributed by atoms with Gasteiger partial charge in [0, 0.05) is 24.1 Å². The van der Waals surface area contributed by atoms with Gasteiger partial charge in [-0.05, 0) is 48.0 Å². The van der Waals surface area contributed by atoms with Gasteiger partial charge in [0.1, 0.15) is 11.6 Å². The lowest BCUT2D eigenvalue weighted by Gasteiger charge is -2.25. The topological polar surface area (TPSA) is 56.1 Å². The van der Waals surface area contributed by atoms with Gasteiger partial charge in [0.05, 0.1) is 0 Å². The molecule has 0 saturated carbocycles. The van der Waals surface area contributed by atoms with Crippen molar-refractivity contribution in [3.8, 4) is 6.07 Å². The number of nitrogens with zero attached hydrogens (tertiary/aromatic N) is 2. The Morgan fingerprint density at radius 1 is 0.852 bits per heavy atom. The minimum Gasteiger partial charge on any atom is -0.354 e. The smallest absolute Gasteiger partial charge is 0.261 e. The van der Waals surface area contributed by atoms with E-state index in [0.717, 1.165) is 22.6 Å². The molecule has 0 radical (unpaired) electrons. The zero-order valence-electron chi connectivity index (χ0n) is 15.0. The number of benzene rings is 3. The highest BCUT2D eigenvalue weighted by Gasteiger charge is 2.12. The second-order valence-corrected chi connectivity index (χ2v) is 5.85. The lowest BCUT2D eigenvalue weighted by atomic mass is 10.1. The van der Waals surface area contributed by atoms with Crippen molar-refractivity contribution in [3.05, 3.63) is 96.1 Å². The van der Waals surface area contributed by atoms with Gasteiger partial charge in [-0.3, -0.25) is 4.79 Å². The molecule has 4 nitrogen and oxygen atoms in total. The van der Waals surface area contributed by atoms with Crippen molar-refractivity contribution >= 4 is 29.0 Å². The van der Waals surface area contributed by atoms with Crippen LogP contribution in [0.2, 0.25) is 0 Å². The van der Waals surface area contributed by atoms with E-state index in [0.29, 0.717) is 0 Å². The summed E-state index contributed by atoms with van der Waals surface area (Å²) >= 11 is 0. The van der Waals surface area contributed by atoms with Gasteiger partial charge >= 0.3 is 0 Å². The number of carbonyl (C=O) groups is 1. The maximum absolute atomic E-state index is 11.7. The van der Waals surface area contributed by atoms with Crippen LogP contribution in [0.4, 0.5) is 17.1 Å². The average molecular weight is 353 g/mol. The molecule has 0 aliphatic heterocycles. The molecular formula is C23H19N3O. The second-order valence-electron chi connectivity index (χ2n) is 5.85. The summed E-state index contributed by atoms with van der Waals surface area (Å²) in [5, 5.41) is 11.6. The van der Waals surface area contributed by atoms with Crippen LogP contribution < -0.4 is 10.2 Å². The normalized spacial score (nSPS) is 10.7. The van der Waals surface area contributed by atoms with E-state index in [4.69, 9.17) is 5.26 Å². The number of nitrogens with one attached hydrogen (secondary N) is 1. The Bertz CT molecular complexity index is 932. The average Bonchev–Trinajstić information content (AvgIpc) is 2.74. The number of nitriles is 1. The standard InChI is InChI=1S/C23H19N3O/c1-25-23(27)19(17-24)16-18-12-14-22(15-13-18)26(20-8-4-2-5-9-20)21-10-6-3-7-11-21/h2-16H,1H3,(H,25,27)/b19-16+. The van der Waals surface area contributed by atoms with Crippen molar-refractivity contribution in [3.63, 3.8) is 0 Å². The number of anilines is 3. The Balaban J connectivity index is 1.99. The fraction of sp³-hybridized carbons (Fsp3) is 0.0435. The predicted molar refractivity (Wildman–Crippen MR) is 109 cm³/mol. The van der Waals surface area contributed by atoms with E-state index in [1.807, 2.05) is 66.7 Å². The monoisotopic (exact) mass is 353 g/mol. The summed E-state index contributed by atoms with van der Waals surface area (Å²) in [4.78, 5) is 13.8. The van der Waals surface area contributed by atoms with Crippen LogP contribution in [-0.2, 0) is 4.79 Å². The predicted octanol–water partition coefficient (Wildman–Crippen LogP) is 4.81. The zero-order chi connectivity index (χ0) is 19.1. The number of carbonyl (C=O) groups excluding carboxylic acids is 1. The lowest BCUT2D eigenvalue weighted by molar-refractivity contribution is -0.116. The molecule has 0 spiro atoms. The van der Waals surface area contributed by atoms with Crippen molar-refractivity contribution < 1.29 is 4.79 Å². The summed E-state index contributed by atoms with van der Waals surface area (Å²) in [7, 11) is 1.51. The Morgan fingerprint density at radius 2 is 1.33 bits per heavy atom. The number of rotatable bonds is 5. The van der Waals surface area contributed by atoms with E-state index in [1.165, 1.54) is 7.05 Å². The first-order valence-corrected chi connectivity index (χ1v) is 8.57. The Labute approximate surface area is 159 Å². The van der Waals surface area contributed by atoms with Gasteiger partial charge in [-0.2, -0.15) is 5.26 Å². The van der Waals surface area contributed by atoms with Crippen LogP contribution in [0.3, 0.4) is 0 Å². The zero-order valence-corrected chi connectivity index (χ0v) is 15.0. The third-order valence-corrected chi connectivity index (χ3v) is 4.08. The number of hydrogen-bond donors (Lipinski definition) is 1. The minimum absolute atomic E-state index is 0.0771. The summed E-state index contributed by atoms with van der Waals surface area (Å²) in [6.45, 7) is 0. The quantitative estimate of drug-likeness (QED) is 0.529. The molecule has 0 aliphatic carbocycles. The van der Waals surface area contributed by atoms with Gasteiger partial charge in [-0.15, -0.1) is 0 Å². The van der Waals surface area contributed by atoms with Crippen molar-refractivity contribution in [2.75, 3.05) is 11.9 Å². The van der Waals surface area contributed by atoms with Crippen molar-refractivity contribution in [1.82, 2.24) is 5.32 Å². The highest BCUT2D eigenvalue weighted by Crippen LogP contribution is 2.34.